The molecule has 0 aliphatic carbocycles. The highest BCUT2D eigenvalue weighted by molar-refractivity contribution is 5.20. The van der Waals surface area contributed by atoms with Gasteiger partial charge in [-0.15, -0.1) is 0 Å². The fourth-order valence-electron chi connectivity index (χ4n) is 2.50. The van der Waals surface area contributed by atoms with E-state index in [9.17, 15) is 0 Å². The molecule has 1 aliphatic heterocycles. The van der Waals surface area contributed by atoms with Crippen LogP contribution in [0, 0.1) is 0 Å². The van der Waals surface area contributed by atoms with Crippen LogP contribution in [0.5, 0.6) is 0 Å². The molecule has 0 spiro atoms. The largest absolute Gasteiger partial charge is 0.330 e. The molecule has 1 aromatic carbocycles. The predicted molar refractivity (Wildman–Crippen MR) is 73.1 cm³/mol. The number of nitrogens with zero attached hydrogens (tertiary/aromatic N) is 1. The van der Waals surface area contributed by atoms with Gasteiger partial charge in [0.2, 0.25) is 0 Å². The molecule has 2 heteroatoms. The average Bonchev–Trinajstić information content (AvgIpc) is 2.37. The fourth-order valence-corrected chi connectivity index (χ4v) is 2.50. The molecule has 0 saturated carbocycles. The van der Waals surface area contributed by atoms with Crippen LogP contribution in [0.25, 0.3) is 0 Å². The molecule has 1 aliphatic rings. The lowest BCUT2D eigenvalue weighted by Crippen LogP contribution is -2.35. The summed E-state index contributed by atoms with van der Waals surface area (Å²) < 4.78 is 0. The average molecular weight is 230 g/mol. The normalized spacial score (nSPS) is 18.8. The highest BCUT2D eigenvalue weighted by Gasteiger charge is 2.16. The minimum Gasteiger partial charge on any atom is -0.330 e. The lowest BCUT2D eigenvalue weighted by molar-refractivity contribution is 0.272. The summed E-state index contributed by atoms with van der Waals surface area (Å²) in [6, 6.07) is 10.6. The molecule has 0 bridgehead atoms. The molecule has 2 rings (SSSR count). The Kier molecular flexibility index (Phi) is 4.35. The molecular formula is C15H22N2. The molecule has 1 unspecified atom stereocenters. The summed E-state index contributed by atoms with van der Waals surface area (Å²) in [5, 5.41) is 0. The van der Waals surface area contributed by atoms with Crippen LogP contribution in [0.15, 0.2) is 42.0 Å². The highest BCUT2D eigenvalue weighted by atomic mass is 15.1. The second-order valence-electron chi connectivity index (χ2n) is 4.92. The van der Waals surface area contributed by atoms with Crippen LogP contribution >= 0.6 is 0 Å². The number of rotatable bonds is 4. The number of nitrogens with two attached hydrogens (primary N) is 1. The molecular weight excluding hydrogens is 208 g/mol. The van der Waals surface area contributed by atoms with E-state index < -0.39 is 0 Å². The summed E-state index contributed by atoms with van der Waals surface area (Å²) in [5.74, 6) is 0.460. The Morgan fingerprint density at radius 3 is 2.71 bits per heavy atom. The van der Waals surface area contributed by atoms with Crippen molar-refractivity contribution in [1.29, 1.82) is 0 Å². The van der Waals surface area contributed by atoms with E-state index in [1.54, 1.807) is 0 Å². The lowest BCUT2D eigenvalue weighted by atomic mass is 9.98. The zero-order valence-corrected chi connectivity index (χ0v) is 10.6. The molecule has 2 nitrogen and oxygen atoms in total. The van der Waals surface area contributed by atoms with E-state index in [2.05, 4.69) is 48.2 Å². The Hall–Kier alpha value is -1.12. The van der Waals surface area contributed by atoms with Gasteiger partial charge in [0.05, 0.1) is 0 Å². The molecule has 0 saturated heterocycles. The third-order valence-electron chi connectivity index (χ3n) is 3.45. The van der Waals surface area contributed by atoms with Crippen LogP contribution in [0.1, 0.15) is 24.8 Å². The Bertz CT molecular complexity index is 370. The molecule has 17 heavy (non-hydrogen) atoms. The van der Waals surface area contributed by atoms with Crippen LogP contribution in [0.3, 0.4) is 0 Å². The first-order chi connectivity index (χ1) is 8.29. The first-order valence-electron chi connectivity index (χ1n) is 6.42. The Morgan fingerprint density at radius 2 is 2.06 bits per heavy atom. The van der Waals surface area contributed by atoms with Crippen LogP contribution in [0.2, 0.25) is 0 Å². The fraction of sp³-hybridized carbons (Fsp3) is 0.467. The zero-order valence-electron chi connectivity index (χ0n) is 10.6. The molecule has 0 fully saturated rings. The first-order valence-corrected chi connectivity index (χ1v) is 6.42. The molecule has 1 aromatic rings. The van der Waals surface area contributed by atoms with E-state index in [1.807, 2.05) is 0 Å². The quantitative estimate of drug-likeness (QED) is 0.805. The second kappa shape index (κ2) is 5.99. The molecule has 1 atom stereocenters. The third-order valence-corrected chi connectivity index (χ3v) is 3.45. The number of hydrogen-bond donors (Lipinski definition) is 1. The Labute approximate surface area is 104 Å². The van der Waals surface area contributed by atoms with Gasteiger partial charge in [0.1, 0.15) is 0 Å². The van der Waals surface area contributed by atoms with Gasteiger partial charge in [-0.1, -0.05) is 42.0 Å². The minimum absolute atomic E-state index is 0.460. The molecule has 2 N–H and O–H groups in total. The van der Waals surface area contributed by atoms with E-state index in [-0.39, 0.29) is 0 Å². The first kappa shape index (κ1) is 12.3. The van der Waals surface area contributed by atoms with Crippen molar-refractivity contribution in [3.8, 4) is 0 Å². The summed E-state index contributed by atoms with van der Waals surface area (Å²) in [5.41, 5.74) is 8.76. The van der Waals surface area contributed by atoms with Gasteiger partial charge >= 0.3 is 0 Å². The van der Waals surface area contributed by atoms with Crippen LogP contribution in [-0.2, 0) is 0 Å². The van der Waals surface area contributed by atoms with Crippen molar-refractivity contribution in [2.45, 2.75) is 19.3 Å². The predicted octanol–water partition coefficient (Wildman–Crippen LogP) is 2.38. The maximum atomic E-state index is 5.92. The second-order valence-corrected chi connectivity index (χ2v) is 4.92. The van der Waals surface area contributed by atoms with Gasteiger partial charge in [-0.2, -0.15) is 0 Å². The van der Waals surface area contributed by atoms with Crippen LogP contribution in [-0.4, -0.2) is 31.1 Å². The van der Waals surface area contributed by atoms with Gasteiger partial charge in [0.15, 0.2) is 0 Å². The van der Waals surface area contributed by atoms with Crippen LogP contribution in [0.4, 0.5) is 0 Å². The smallest absolute Gasteiger partial charge is 0.0190 e. The van der Waals surface area contributed by atoms with Gasteiger partial charge in [-0.05, 0) is 18.9 Å². The Morgan fingerprint density at radius 1 is 1.29 bits per heavy atom. The van der Waals surface area contributed by atoms with Gasteiger partial charge in [-0.3, -0.25) is 4.90 Å². The van der Waals surface area contributed by atoms with Gasteiger partial charge in [0, 0.05) is 32.1 Å². The van der Waals surface area contributed by atoms with Crippen LogP contribution < -0.4 is 5.73 Å². The zero-order chi connectivity index (χ0) is 12.1. The van der Waals surface area contributed by atoms with E-state index in [0.717, 1.165) is 19.6 Å². The number of benzene rings is 1. The summed E-state index contributed by atoms with van der Waals surface area (Å²) in [6.45, 7) is 6.28. The topological polar surface area (TPSA) is 29.3 Å². The summed E-state index contributed by atoms with van der Waals surface area (Å²) in [4.78, 5) is 2.51. The van der Waals surface area contributed by atoms with E-state index in [1.165, 1.54) is 24.1 Å². The molecule has 1 heterocycles. The van der Waals surface area contributed by atoms with E-state index in [0.29, 0.717) is 5.92 Å². The molecule has 92 valence electrons. The van der Waals surface area contributed by atoms with Gasteiger partial charge < -0.3 is 5.73 Å². The van der Waals surface area contributed by atoms with Gasteiger partial charge in [-0.25, -0.2) is 0 Å². The number of hydrogen-bond acceptors (Lipinski definition) is 2. The maximum Gasteiger partial charge on any atom is 0.0190 e. The SMILES string of the molecule is CC1=CCCN(CC(CN)c2ccccc2)C1. The summed E-state index contributed by atoms with van der Waals surface area (Å²) >= 11 is 0. The Balaban J connectivity index is 1.99. The molecule has 0 aromatic heterocycles. The maximum absolute atomic E-state index is 5.92. The third kappa shape index (κ3) is 3.42. The van der Waals surface area contributed by atoms with Crippen molar-refractivity contribution in [2.24, 2.45) is 5.73 Å². The lowest BCUT2D eigenvalue weighted by Gasteiger charge is -2.29. The van der Waals surface area contributed by atoms with E-state index in [4.69, 9.17) is 5.73 Å². The monoisotopic (exact) mass is 230 g/mol. The minimum atomic E-state index is 0.460. The van der Waals surface area contributed by atoms with Crippen molar-refractivity contribution in [3.63, 3.8) is 0 Å². The molecule has 0 radical (unpaired) electrons. The summed E-state index contributed by atoms with van der Waals surface area (Å²) in [7, 11) is 0. The van der Waals surface area contributed by atoms with Crippen molar-refractivity contribution < 1.29 is 0 Å². The summed E-state index contributed by atoms with van der Waals surface area (Å²) in [6.07, 6.45) is 3.52. The highest BCUT2D eigenvalue weighted by Crippen LogP contribution is 2.18. The van der Waals surface area contributed by atoms with Crippen molar-refractivity contribution in [3.05, 3.63) is 47.5 Å². The standard InChI is InChI=1S/C15H22N2/c1-13-6-5-9-17(11-13)12-15(10-16)14-7-3-2-4-8-14/h2-4,6-8,15H,5,9-12,16H2,1H3. The van der Waals surface area contributed by atoms with Gasteiger partial charge in [0.25, 0.3) is 0 Å². The van der Waals surface area contributed by atoms with E-state index >= 15 is 0 Å². The van der Waals surface area contributed by atoms with Crippen molar-refractivity contribution in [2.75, 3.05) is 26.2 Å². The van der Waals surface area contributed by atoms with Crippen molar-refractivity contribution >= 4 is 0 Å². The molecule has 0 amide bonds. The van der Waals surface area contributed by atoms with Crippen molar-refractivity contribution in [1.82, 2.24) is 4.90 Å².